The zero-order valence-corrected chi connectivity index (χ0v) is 8.65. The van der Waals surface area contributed by atoms with Crippen molar-refractivity contribution in [1.82, 2.24) is 9.78 Å². The molecule has 0 saturated heterocycles. The maximum absolute atomic E-state index is 11.1. The Morgan fingerprint density at radius 1 is 1.71 bits per heavy atom. The third-order valence-corrected chi connectivity index (χ3v) is 1.66. The first-order chi connectivity index (χ1) is 6.65. The Morgan fingerprint density at radius 3 is 3.00 bits per heavy atom. The summed E-state index contributed by atoms with van der Waals surface area (Å²) in [5, 5.41) is 6.69. The molecular formula is C9H15N3O2. The Labute approximate surface area is 83.1 Å². The lowest BCUT2D eigenvalue weighted by atomic mass is 10.4. The molecule has 1 aromatic rings. The predicted molar refractivity (Wildman–Crippen MR) is 53.3 cm³/mol. The lowest BCUT2D eigenvalue weighted by Crippen LogP contribution is -2.17. The molecule has 5 nitrogen and oxygen atoms in total. The molecule has 1 aromatic heterocycles. The van der Waals surface area contributed by atoms with Crippen LogP contribution < -0.4 is 5.32 Å². The molecule has 0 bridgehead atoms. The van der Waals surface area contributed by atoms with Crippen molar-refractivity contribution in [1.29, 1.82) is 0 Å². The van der Waals surface area contributed by atoms with Gasteiger partial charge in [-0.25, -0.2) is 9.48 Å². The van der Waals surface area contributed by atoms with Gasteiger partial charge in [-0.05, 0) is 20.8 Å². The van der Waals surface area contributed by atoms with Crippen LogP contribution in [0.4, 0.5) is 10.6 Å². The van der Waals surface area contributed by atoms with Crippen LogP contribution in [0.15, 0.2) is 12.3 Å². The predicted octanol–water partition coefficient (Wildman–Crippen LogP) is 2.03. The number of nitrogens with zero attached hydrogens (tertiary/aromatic N) is 2. The van der Waals surface area contributed by atoms with E-state index in [0.717, 1.165) is 0 Å². The summed E-state index contributed by atoms with van der Waals surface area (Å²) in [6.07, 6.45) is 1.19. The largest absolute Gasteiger partial charge is 0.450 e. The molecule has 1 N–H and O–H groups in total. The van der Waals surface area contributed by atoms with Crippen LogP contribution in [0.1, 0.15) is 26.8 Å². The third kappa shape index (κ3) is 2.48. The van der Waals surface area contributed by atoms with E-state index < -0.39 is 6.09 Å². The van der Waals surface area contributed by atoms with Gasteiger partial charge in [-0.3, -0.25) is 5.32 Å². The van der Waals surface area contributed by atoms with Crippen LogP contribution in [0.25, 0.3) is 0 Å². The topological polar surface area (TPSA) is 56.1 Å². The van der Waals surface area contributed by atoms with Gasteiger partial charge in [-0.2, -0.15) is 5.10 Å². The van der Waals surface area contributed by atoms with Crippen molar-refractivity contribution in [2.24, 2.45) is 0 Å². The first-order valence-corrected chi connectivity index (χ1v) is 4.62. The van der Waals surface area contributed by atoms with Crippen molar-refractivity contribution in [3.8, 4) is 0 Å². The van der Waals surface area contributed by atoms with Gasteiger partial charge in [0.15, 0.2) is 0 Å². The number of hydrogen-bond donors (Lipinski definition) is 1. The number of amides is 1. The Balaban J connectivity index is 2.66. The maximum atomic E-state index is 11.1. The summed E-state index contributed by atoms with van der Waals surface area (Å²) in [6, 6.07) is 1.94. The average Bonchev–Trinajstić information content (AvgIpc) is 2.52. The Kier molecular flexibility index (Phi) is 3.50. The molecule has 0 spiro atoms. The van der Waals surface area contributed by atoms with E-state index in [2.05, 4.69) is 10.4 Å². The highest BCUT2D eigenvalue weighted by atomic mass is 16.5. The second-order valence-electron chi connectivity index (χ2n) is 3.10. The summed E-state index contributed by atoms with van der Waals surface area (Å²) in [6.45, 7) is 6.10. The molecule has 1 rings (SSSR count). The van der Waals surface area contributed by atoms with Crippen LogP contribution in [0, 0.1) is 0 Å². The highest BCUT2D eigenvalue weighted by Crippen LogP contribution is 2.12. The molecular weight excluding hydrogens is 182 g/mol. The minimum Gasteiger partial charge on any atom is -0.450 e. The molecule has 0 aromatic carbocycles. The van der Waals surface area contributed by atoms with E-state index in [0.29, 0.717) is 12.4 Å². The highest BCUT2D eigenvalue weighted by molar-refractivity contribution is 5.83. The molecule has 0 fully saturated rings. The zero-order chi connectivity index (χ0) is 10.6. The standard InChI is InChI=1S/C9H15N3O2/c1-4-14-9(13)11-8-5-6-10-12(8)7(2)3/h5-7H,4H2,1-3H3,(H,11,13). The quantitative estimate of drug-likeness (QED) is 0.806. The first kappa shape index (κ1) is 10.6. The van der Waals surface area contributed by atoms with Crippen LogP contribution in [0.3, 0.4) is 0 Å². The molecule has 0 unspecified atom stereocenters. The molecule has 1 heterocycles. The van der Waals surface area contributed by atoms with E-state index in [1.54, 1.807) is 23.9 Å². The van der Waals surface area contributed by atoms with Crippen molar-refractivity contribution < 1.29 is 9.53 Å². The van der Waals surface area contributed by atoms with Crippen LogP contribution in [0.5, 0.6) is 0 Å². The monoisotopic (exact) mass is 197 g/mol. The molecule has 5 heteroatoms. The number of rotatable bonds is 3. The number of aromatic nitrogens is 2. The van der Waals surface area contributed by atoms with Crippen molar-refractivity contribution in [2.45, 2.75) is 26.8 Å². The molecule has 0 radical (unpaired) electrons. The lowest BCUT2D eigenvalue weighted by molar-refractivity contribution is 0.167. The van der Waals surface area contributed by atoms with E-state index in [9.17, 15) is 4.79 Å². The highest BCUT2D eigenvalue weighted by Gasteiger charge is 2.08. The van der Waals surface area contributed by atoms with Crippen LogP contribution in [-0.2, 0) is 4.74 Å². The van der Waals surface area contributed by atoms with E-state index in [1.165, 1.54) is 0 Å². The molecule has 0 saturated carbocycles. The van der Waals surface area contributed by atoms with Gasteiger partial charge in [0.1, 0.15) is 5.82 Å². The molecule has 0 aliphatic heterocycles. The molecule has 1 amide bonds. The maximum Gasteiger partial charge on any atom is 0.412 e. The van der Waals surface area contributed by atoms with Crippen LogP contribution in [0.2, 0.25) is 0 Å². The van der Waals surface area contributed by atoms with Gasteiger partial charge in [-0.15, -0.1) is 0 Å². The molecule has 0 aliphatic carbocycles. The fourth-order valence-corrected chi connectivity index (χ4v) is 1.10. The van der Waals surface area contributed by atoms with Gasteiger partial charge in [0.25, 0.3) is 0 Å². The number of carbonyl (C=O) groups excluding carboxylic acids is 1. The molecule has 78 valence electrons. The van der Waals surface area contributed by atoms with E-state index in [1.807, 2.05) is 13.8 Å². The summed E-state index contributed by atoms with van der Waals surface area (Å²) >= 11 is 0. The van der Waals surface area contributed by atoms with E-state index >= 15 is 0 Å². The van der Waals surface area contributed by atoms with Gasteiger partial charge in [0, 0.05) is 12.1 Å². The van der Waals surface area contributed by atoms with Crippen molar-refractivity contribution in [2.75, 3.05) is 11.9 Å². The molecule has 0 aliphatic rings. The minimum atomic E-state index is -0.449. The summed E-state index contributed by atoms with van der Waals surface area (Å²) < 4.78 is 6.48. The SMILES string of the molecule is CCOC(=O)Nc1ccnn1C(C)C. The summed E-state index contributed by atoms with van der Waals surface area (Å²) in [5.41, 5.74) is 0. The van der Waals surface area contributed by atoms with Crippen molar-refractivity contribution in [3.63, 3.8) is 0 Å². The zero-order valence-electron chi connectivity index (χ0n) is 8.65. The van der Waals surface area contributed by atoms with E-state index in [4.69, 9.17) is 4.74 Å². The second-order valence-corrected chi connectivity index (χ2v) is 3.10. The lowest BCUT2D eigenvalue weighted by Gasteiger charge is -2.11. The molecule has 14 heavy (non-hydrogen) atoms. The van der Waals surface area contributed by atoms with Gasteiger partial charge in [0.05, 0.1) is 12.8 Å². The number of nitrogens with one attached hydrogen (secondary N) is 1. The van der Waals surface area contributed by atoms with Gasteiger partial charge < -0.3 is 4.74 Å². The van der Waals surface area contributed by atoms with Crippen LogP contribution in [-0.4, -0.2) is 22.5 Å². The summed E-state index contributed by atoms with van der Waals surface area (Å²) in [5.74, 6) is 0.651. The normalized spacial score (nSPS) is 10.3. The van der Waals surface area contributed by atoms with Crippen molar-refractivity contribution >= 4 is 11.9 Å². The average molecular weight is 197 g/mol. The Morgan fingerprint density at radius 2 is 2.43 bits per heavy atom. The summed E-state index contributed by atoms with van der Waals surface area (Å²) in [7, 11) is 0. The minimum absolute atomic E-state index is 0.210. The molecule has 0 atom stereocenters. The Hall–Kier alpha value is -1.52. The van der Waals surface area contributed by atoms with Gasteiger partial charge in [-0.1, -0.05) is 0 Å². The number of anilines is 1. The summed E-state index contributed by atoms with van der Waals surface area (Å²) in [4.78, 5) is 11.1. The fraction of sp³-hybridized carbons (Fsp3) is 0.556. The second kappa shape index (κ2) is 4.64. The smallest absolute Gasteiger partial charge is 0.412 e. The first-order valence-electron chi connectivity index (χ1n) is 4.62. The third-order valence-electron chi connectivity index (χ3n) is 1.66. The fourth-order valence-electron chi connectivity index (χ4n) is 1.10. The number of hydrogen-bond acceptors (Lipinski definition) is 3. The van der Waals surface area contributed by atoms with Crippen LogP contribution >= 0.6 is 0 Å². The number of ether oxygens (including phenoxy) is 1. The van der Waals surface area contributed by atoms with Gasteiger partial charge >= 0.3 is 6.09 Å². The van der Waals surface area contributed by atoms with Gasteiger partial charge in [0.2, 0.25) is 0 Å². The van der Waals surface area contributed by atoms with E-state index in [-0.39, 0.29) is 6.04 Å². The Bertz CT molecular complexity index is 307. The number of carbonyl (C=O) groups is 1. The van der Waals surface area contributed by atoms with Crippen molar-refractivity contribution in [3.05, 3.63) is 12.3 Å².